The topological polar surface area (TPSA) is 48.9 Å². The minimum Gasteiger partial charge on any atom is -0.383 e. The summed E-state index contributed by atoms with van der Waals surface area (Å²) < 4.78 is 5.22. The number of hydrogen-bond donors (Lipinski definition) is 2. The van der Waals surface area contributed by atoms with Crippen molar-refractivity contribution in [2.24, 2.45) is 10.9 Å². The van der Waals surface area contributed by atoms with Crippen molar-refractivity contribution in [3.05, 3.63) is 22.4 Å². The molecule has 2 unspecified atom stereocenters. The van der Waals surface area contributed by atoms with Crippen LogP contribution in [-0.2, 0) is 4.74 Å². The number of methoxy groups -OCH3 is 1. The molecule has 0 aliphatic carbocycles. The summed E-state index contributed by atoms with van der Waals surface area (Å²) in [7, 11) is 1.73. The normalized spacial score (nSPS) is 19.6. The number of nitrogens with one attached hydrogen (secondary N) is 2. The fourth-order valence-corrected chi connectivity index (χ4v) is 4.08. The van der Waals surface area contributed by atoms with Gasteiger partial charge in [0.15, 0.2) is 5.96 Å². The summed E-state index contributed by atoms with van der Waals surface area (Å²) in [4.78, 5) is 8.91. The Balaban J connectivity index is 2.05. The second-order valence-corrected chi connectivity index (χ2v) is 7.95. The van der Waals surface area contributed by atoms with Gasteiger partial charge in [0, 0.05) is 24.6 Å². The molecule has 1 aromatic heterocycles. The lowest BCUT2D eigenvalue weighted by Crippen LogP contribution is -2.44. The molecule has 0 radical (unpaired) electrons. The van der Waals surface area contributed by atoms with E-state index in [1.165, 1.54) is 30.8 Å². The smallest absolute Gasteiger partial charge is 0.191 e. The Morgan fingerprint density at radius 2 is 2.20 bits per heavy atom. The number of hydrogen-bond acceptors (Lipinski definition) is 4. The van der Waals surface area contributed by atoms with Crippen LogP contribution in [0.25, 0.3) is 0 Å². The monoisotopic (exact) mass is 366 g/mol. The summed E-state index contributed by atoms with van der Waals surface area (Å²) in [5.41, 5.74) is 0. The van der Waals surface area contributed by atoms with E-state index in [1.807, 2.05) is 11.3 Å². The third kappa shape index (κ3) is 6.60. The number of rotatable bonds is 8. The van der Waals surface area contributed by atoms with Crippen LogP contribution in [0.4, 0.5) is 0 Å². The molecule has 142 valence electrons. The molecule has 5 nitrogen and oxygen atoms in total. The quantitative estimate of drug-likeness (QED) is 0.548. The molecule has 0 aromatic carbocycles. The molecule has 1 aromatic rings. The molecule has 2 N–H and O–H groups in total. The SMILES string of the molecule is CCNC(=NCC(c1cccs1)N1CCC(C)CC1)NC(C)COC. The van der Waals surface area contributed by atoms with Crippen molar-refractivity contribution in [3.8, 4) is 0 Å². The number of ether oxygens (including phenoxy) is 1. The summed E-state index contributed by atoms with van der Waals surface area (Å²) in [6, 6.07) is 5.00. The zero-order chi connectivity index (χ0) is 18.1. The Bertz CT molecular complexity index is 498. The molecule has 0 amide bonds. The van der Waals surface area contributed by atoms with E-state index in [-0.39, 0.29) is 6.04 Å². The van der Waals surface area contributed by atoms with Crippen LogP contribution in [-0.4, -0.2) is 56.8 Å². The average Bonchev–Trinajstić information content (AvgIpc) is 3.11. The van der Waals surface area contributed by atoms with Gasteiger partial charge in [0.25, 0.3) is 0 Å². The first-order valence-corrected chi connectivity index (χ1v) is 10.3. The second-order valence-electron chi connectivity index (χ2n) is 6.97. The molecule has 2 atom stereocenters. The Hall–Kier alpha value is -1.11. The molecule has 6 heteroatoms. The van der Waals surface area contributed by atoms with Gasteiger partial charge in [-0.15, -0.1) is 11.3 Å². The number of aliphatic imine (C=N–C) groups is 1. The van der Waals surface area contributed by atoms with Crippen LogP contribution in [0.2, 0.25) is 0 Å². The minimum absolute atomic E-state index is 0.235. The maximum absolute atomic E-state index is 5.22. The third-order valence-corrected chi connectivity index (χ3v) is 5.67. The zero-order valence-corrected chi connectivity index (χ0v) is 16.9. The first kappa shape index (κ1) is 20.2. The number of thiophene rings is 1. The van der Waals surface area contributed by atoms with E-state index < -0.39 is 0 Å². The van der Waals surface area contributed by atoms with Crippen LogP contribution < -0.4 is 10.6 Å². The van der Waals surface area contributed by atoms with Gasteiger partial charge in [-0.25, -0.2) is 0 Å². The van der Waals surface area contributed by atoms with Crippen LogP contribution >= 0.6 is 11.3 Å². The maximum atomic E-state index is 5.22. The van der Waals surface area contributed by atoms with E-state index in [2.05, 4.69) is 53.8 Å². The van der Waals surface area contributed by atoms with Crippen molar-refractivity contribution < 1.29 is 4.74 Å². The van der Waals surface area contributed by atoms with Crippen molar-refractivity contribution in [2.45, 2.75) is 45.7 Å². The Morgan fingerprint density at radius 1 is 1.44 bits per heavy atom. The molecule has 0 saturated carbocycles. The van der Waals surface area contributed by atoms with E-state index in [9.17, 15) is 0 Å². The van der Waals surface area contributed by atoms with Gasteiger partial charge in [-0.3, -0.25) is 9.89 Å². The summed E-state index contributed by atoms with van der Waals surface area (Å²) in [5.74, 6) is 1.72. The molecule has 0 bridgehead atoms. The van der Waals surface area contributed by atoms with Gasteiger partial charge in [0.2, 0.25) is 0 Å². The lowest BCUT2D eigenvalue weighted by molar-refractivity contribution is 0.143. The molecule has 1 fully saturated rings. The fraction of sp³-hybridized carbons (Fsp3) is 0.737. The molecule has 0 spiro atoms. The van der Waals surface area contributed by atoms with E-state index in [1.54, 1.807) is 7.11 Å². The van der Waals surface area contributed by atoms with Gasteiger partial charge in [-0.1, -0.05) is 13.0 Å². The summed E-state index contributed by atoms with van der Waals surface area (Å²) in [6.07, 6.45) is 2.57. The number of likely N-dealkylation sites (tertiary alicyclic amines) is 1. The van der Waals surface area contributed by atoms with Crippen molar-refractivity contribution in [1.82, 2.24) is 15.5 Å². The Morgan fingerprint density at radius 3 is 2.80 bits per heavy atom. The predicted octanol–water partition coefficient (Wildman–Crippen LogP) is 3.11. The van der Waals surface area contributed by atoms with Crippen LogP contribution in [0.5, 0.6) is 0 Å². The second kappa shape index (κ2) is 10.8. The van der Waals surface area contributed by atoms with Gasteiger partial charge in [-0.05, 0) is 57.1 Å². The van der Waals surface area contributed by atoms with Crippen LogP contribution in [0, 0.1) is 5.92 Å². The summed E-state index contributed by atoms with van der Waals surface area (Å²) >= 11 is 1.84. The van der Waals surface area contributed by atoms with Gasteiger partial charge in [0.05, 0.1) is 19.2 Å². The molecule has 1 aliphatic heterocycles. The van der Waals surface area contributed by atoms with Crippen molar-refractivity contribution >= 4 is 17.3 Å². The van der Waals surface area contributed by atoms with Crippen LogP contribution in [0.1, 0.15) is 44.5 Å². The highest BCUT2D eigenvalue weighted by molar-refractivity contribution is 7.10. The molecule has 2 heterocycles. The summed E-state index contributed by atoms with van der Waals surface area (Å²) in [5, 5.41) is 8.95. The molecule has 1 aliphatic rings. The summed E-state index contributed by atoms with van der Waals surface area (Å²) in [6.45, 7) is 11.2. The highest BCUT2D eigenvalue weighted by Crippen LogP contribution is 2.29. The standard InChI is InChI=1S/C19H34N4OS/c1-5-20-19(22-16(3)14-24-4)21-13-17(18-7-6-12-25-18)23-10-8-15(2)9-11-23/h6-7,12,15-17H,5,8-11,13-14H2,1-4H3,(H2,20,21,22). The van der Waals surface area contributed by atoms with Crippen molar-refractivity contribution in [2.75, 3.05) is 39.9 Å². The number of nitrogens with zero attached hydrogens (tertiary/aromatic N) is 2. The number of piperidine rings is 1. The lowest BCUT2D eigenvalue weighted by Gasteiger charge is -2.35. The minimum atomic E-state index is 0.235. The lowest BCUT2D eigenvalue weighted by atomic mass is 9.97. The van der Waals surface area contributed by atoms with Crippen molar-refractivity contribution in [1.29, 1.82) is 0 Å². The van der Waals surface area contributed by atoms with Gasteiger partial charge >= 0.3 is 0 Å². The van der Waals surface area contributed by atoms with Gasteiger partial charge < -0.3 is 15.4 Å². The van der Waals surface area contributed by atoms with Crippen molar-refractivity contribution in [3.63, 3.8) is 0 Å². The Labute approximate surface area is 156 Å². The van der Waals surface area contributed by atoms with E-state index in [0.29, 0.717) is 12.6 Å². The molecular weight excluding hydrogens is 332 g/mol. The zero-order valence-electron chi connectivity index (χ0n) is 16.1. The first-order valence-electron chi connectivity index (χ1n) is 9.45. The number of guanidine groups is 1. The highest BCUT2D eigenvalue weighted by Gasteiger charge is 2.25. The molecule has 2 rings (SSSR count). The Kier molecular flexibility index (Phi) is 8.72. The van der Waals surface area contributed by atoms with Gasteiger partial charge in [-0.2, -0.15) is 0 Å². The van der Waals surface area contributed by atoms with Crippen LogP contribution in [0.3, 0.4) is 0 Å². The predicted molar refractivity (Wildman–Crippen MR) is 107 cm³/mol. The average molecular weight is 367 g/mol. The third-order valence-electron chi connectivity index (χ3n) is 4.70. The first-order chi connectivity index (χ1) is 12.1. The fourth-order valence-electron chi connectivity index (χ4n) is 3.23. The molecular formula is C19H34N4OS. The molecule has 1 saturated heterocycles. The van der Waals surface area contributed by atoms with E-state index >= 15 is 0 Å². The van der Waals surface area contributed by atoms with E-state index in [4.69, 9.17) is 9.73 Å². The van der Waals surface area contributed by atoms with E-state index in [0.717, 1.165) is 25.0 Å². The molecule has 25 heavy (non-hydrogen) atoms. The van der Waals surface area contributed by atoms with Gasteiger partial charge in [0.1, 0.15) is 0 Å². The largest absolute Gasteiger partial charge is 0.383 e. The van der Waals surface area contributed by atoms with Crippen LogP contribution in [0.15, 0.2) is 22.5 Å². The highest BCUT2D eigenvalue weighted by atomic mass is 32.1. The maximum Gasteiger partial charge on any atom is 0.191 e.